The summed E-state index contributed by atoms with van der Waals surface area (Å²) in [5.41, 5.74) is 5.63. The SMILES string of the molecule is C=CC(=O)N1CCN(c2nc(OC[C@H]3CCCN3C)nc3c2CCCN(c2c(C)ccnc2C(C)C)C3)C[C@@H]1CC#N. The summed E-state index contributed by atoms with van der Waals surface area (Å²) in [6.45, 7) is 15.0. The number of piperazine rings is 1. The highest BCUT2D eigenvalue weighted by molar-refractivity contribution is 5.87. The Bertz CT molecular complexity index is 1340. The predicted molar refractivity (Wildman–Crippen MR) is 164 cm³/mol. The molecule has 5 heterocycles. The highest BCUT2D eigenvalue weighted by Gasteiger charge is 2.33. The minimum atomic E-state index is -0.231. The second-order valence-electron chi connectivity index (χ2n) is 12.1. The number of aryl methyl sites for hydroxylation is 1. The van der Waals surface area contributed by atoms with Gasteiger partial charge >= 0.3 is 6.01 Å². The van der Waals surface area contributed by atoms with Gasteiger partial charge in [-0.2, -0.15) is 15.2 Å². The number of anilines is 2. The van der Waals surface area contributed by atoms with E-state index in [4.69, 9.17) is 19.7 Å². The number of nitrogens with zero attached hydrogens (tertiary/aromatic N) is 8. The van der Waals surface area contributed by atoms with Crippen LogP contribution in [0.3, 0.4) is 0 Å². The van der Waals surface area contributed by atoms with Crippen LogP contribution in [0.5, 0.6) is 6.01 Å². The zero-order chi connectivity index (χ0) is 29.8. The number of pyridine rings is 1. The number of carbonyl (C=O) groups excluding carboxylic acids is 1. The highest BCUT2D eigenvalue weighted by Crippen LogP contribution is 2.35. The van der Waals surface area contributed by atoms with E-state index in [1.54, 1.807) is 4.90 Å². The summed E-state index contributed by atoms with van der Waals surface area (Å²) in [6.07, 6.45) is 7.58. The molecule has 10 heteroatoms. The van der Waals surface area contributed by atoms with E-state index >= 15 is 0 Å². The fourth-order valence-electron chi connectivity index (χ4n) is 6.61. The maximum atomic E-state index is 12.6. The summed E-state index contributed by atoms with van der Waals surface area (Å²) in [5.74, 6) is 1.04. The van der Waals surface area contributed by atoms with Gasteiger partial charge in [-0.25, -0.2) is 0 Å². The third kappa shape index (κ3) is 6.21. The number of hydrogen-bond acceptors (Lipinski definition) is 9. The molecule has 2 saturated heterocycles. The van der Waals surface area contributed by atoms with Gasteiger partial charge in [0.2, 0.25) is 5.91 Å². The van der Waals surface area contributed by atoms with Gasteiger partial charge in [-0.3, -0.25) is 9.78 Å². The van der Waals surface area contributed by atoms with Crippen molar-refractivity contribution in [2.45, 2.75) is 77.4 Å². The first-order valence-electron chi connectivity index (χ1n) is 15.3. The van der Waals surface area contributed by atoms with Gasteiger partial charge in [0.15, 0.2) is 0 Å². The van der Waals surface area contributed by atoms with Crippen molar-refractivity contribution in [2.24, 2.45) is 0 Å². The lowest BCUT2D eigenvalue weighted by Crippen LogP contribution is -2.55. The van der Waals surface area contributed by atoms with Crippen molar-refractivity contribution in [3.8, 4) is 12.1 Å². The van der Waals surface area contributed by atoms with Crippen molar-refractivity contribution in [3.05, 3.63) is 47.4 Å². The minimum Gasteiger partial charge on any atom is -0.462 e. The molecule has 42 heavy (non-hydrogen) atoms. The number of amides is 1. The standard InChI is InChI=1S/C32H44N8O2/c1-6-28(41)40-18-17-39(19-24(40)11-13-33)31-26-10-8-16-38(30-23(4)12-14-34-29(30)22(2)3)20-27(26)35-32(36-31)42-21-25-9-7-15-37(25)5/h6,12,14,22,24-25H,1,7-11,15-21H2,2-5H3/t24-,25+/m0/s1. The third-order valence-corrected chi connectivity index (χ3v) is 8.91. The fraction of sp³-hybridized carbons (Fsp3) is 0.594. The van der Waals surface area contributed by atoms with Crippen LogP contribution < -0.4 is 14.5 Å². The van der Waals surface area contributed by atoms with E-state index in [1.165, 1.54) is 23.7 Å². The number of likely N-dealkylation sites (N-methyl/N-ethyl adjacent to an activating group) is 1. The monoisotopic (exact) mass is 572 g/mol. The lowest BCUT2D eigenvalue weighted by molar-refractivity contribution is -0.128. The van der Waals surface area contributed by atoms with Crippen LogP contribution in [-0.2, 0) is 17.8 Å². The van der Waals surface area contributed by atoms with Gasteiger partial charge in [0.1, 0.15) is 12.4 Å². The first-order valence-corrected chi connectivity index (χ1v) is 15.3. The lowest BCUT2D eigenvalue weighted by atomic mass is 10.0. The van der Waals surface area contributed by atoms with Crippen LogP contribution in [0.4, 0.5) is 11.5 Å². The molecule has 2 atom stereocenters. The van der Waals surface area contributed by atoms with Crippen LogP contribution in [0.15, 0.2) is 24.9 Å². The van der Waals surface area contributed by atoms with E-state index in [2.05, 4.69) is 61.2 Å². The van der Waals surface area contributed by atoms with Crippen LogP contribution in [-0.4, -0.2) is 89.1 Å². The normalized spacial score (nSPS) is 21.2. The van der Waals surface area contributed by atoms with Crippen LogP contribution >= 0.6 is 0 Å². The van der Waals surface area contributed by atoms with Crippen molar-refractivity contribution < 1.29 is 9.53 Å². The summed E-state index contributed by atoms with van der Waals surface area (Å²) in [6, 6.07) is 4.88. The molecule has 2 aromatic heterocycles. The van der Waals surface area contributed by atoms with Gasteiger partial charge in [-0.1, -0.05) is 20.4 Å². The molecule has 0 bridgehead atoms. The van der Waals surface area contributed by atoms with E-state index in [9.17, 15) is 10.1 Å². The number of hydrogen-bond donors (Lipinski definition) is 0. The van der Waals surface area contributed by atoms with Crippen LogP contribution in [0.25, 0.3) is 0 Å². The Hall–Kier alpha value is -3.71. The van der Waals surface area contributed by atoms with E-state index in [-0.39, 0.29) is 18.4 Å². The number of ether oxygens (including phenoxy) is 1. The third-order valence-electron chi connectivity index (χ3n) is 8.91. The number of rotatable bonds is 8. The molecule has 1 amide bonds. The van der Waals surface area contributed by atoms with Crippen molar-refractivity contribution in [2.75, 3.05) is 56.2 Å². The molecule has 2 aromatic rings. The van der Waals surface area contributed by atoms with Crippen LogP contribution in [0.2, 0.25) is 0 Å². The molecule has 0 unspecified atom stereocenters. The van der Waals surface area contributed by atoms with Gasteiger partial charge in [0.25, 0.3) is 0 Å². The molecule has 224 valence electrons. The Morgan fingerprint density at radius 2 is 2.02 bits per heavy atom. The largest absolute Gasteiger partial charge is 0.462 e. The summed E-state index contributed by atoms with van der Waals surface area (Å²) < 4.78 is 6.32. The Labute approximate surface area is 250 Å². The molecule has 5 rings (SSSR count). The lowest BCUT2D eigenvalue weighted by Gasteiger charge is -2.41. The van der Waals surface area contributed by atoms with Gasteiger partial charge in [-0.15, -0.1) is 0 Å². The molecule has 0 saturated carbocycles. The fourth-order valence-corrected chi connectivity index (χ4v) is 6.61. The van der Waals surface area contributed by atoms with Gasteiger partial charge in [0.05, 0.1) is 42.2 Å². The molecular weight excluding hydrogens is 528 g/mol. The minimum absolute atomic E-state index is 0.135. The Morgan fingerprint density at radius 3 is 2.74 bits per heavy atom. The molecule has 0 N–H and O–H groups in total. The summed E-state index contributed by atoms with van der Waals surface area (Å²) >= 11 is 0. The highest BCUT2D eigenvalue weighted by atomic mass is 16.5. The zero-order valence-electron chi connectivity index (χ0n) is 25.6. The van der Waals surface area contributed by atoms with Crippen LogP contribution in [0, 0.1) is 18.3 Å². The molecule has 2 fully saturated rings. The Balaban J connectivity index is 1.51. The first kappa shape index (κ1) is 29.8. The molecule has 3 aliphatic heterocycles. The number of fused-ring (bicyclic) bond motifs is 1. The van der Waals surface area contributed by atoms with Crippen molar-refractivity contribution in [3.63, 3.8) is 0 Å². The van der Waals surface area contributed by atoms with E-state index in [1.807, 2.05) is 6.20 Å². The number of nitriles is 1. The summed E-state index contributed by atoms with van der Waals surface area (Å²) in [5, 5.41) is 9.54. The van der Waals surface area contributed by atoms with Gasteiger partial charge in [-0.05, 0) is 69.8 Å². The topological polar surface area (TPSA) is 102 Å². The van der Waals surface area contributed by atoms with Gasteiger partial charge in [0, 0.05) is 44.0 Å². The maximum absolute atomic E-state index is 12.6. The van der Waals surface area contributed by atoms with Crippen LogP contribution in [0.1, 0.15) is 68.0 Å². The quantitative estimate of drug-likeness (QED) is 0.437. The first-order chi connectivity index (χ1) is 20.3. The Kier molecular flexibility index (Phi) is 9.27. The number of aromatic nitrogens is 3. The van der Waals surface area contributed by atoms with Crippen molar-refractivity contribution in [1.82, 2.24) is 24.8 Å². The molecule has 0 spiro atoms. The smallest absolute Gasteiger partial charge is 0.318 e. The number of carbonyl (C=O) groups is 1. The Morgan fingerprint density at radius 1 is 1.19 bits per heavy atom. The number of likely N-dealkylation sites (tertiary alicyclic amines) is 1. The van der Waals surface area contributed by atoms with E-state index < -0.39 is 0 Å². The second-order valence-corrected chi connectivity index (χ2v) is 12.1. The van der Waals surface area contributed by atoms with E-state index in [0.717, 1.165) is 55.1 Å². The summed E-state index contributed by atoms with van der Waals surface area (Å²) in [4.78, 5) is 36.1. The van der Waals surface area contributed by atoms with Crippen molar-refractivity contribution >= 4 is 17.4 Å². The predicted octanol–water partition coefficient (Wildman–Crippen LogP) is 3.85. The average molecular weight is 573 g/mol. The maximum Gasteiger partial charge on any atom is 0.318 e. The zero-order valence-corrected chi connectivity index (χ0v) is 25.6. The molecule has 0 aromatic carbocycles. The molecular formula is C32H44N8O2. The van der Waals surface area contributed by atoms with Gasteiger partial charge < -0.3 is 24.3 Å². The second kappa shape index (κ2) is 13.1. The molecule has 3 aliphatic rings. The summed E-state index contributed by atoms with van der Waals surface area (Å²) in [7, 11) is 2.14. The molecule has 0 radical (unpaired) electrons. The molecule has 10 nitrogen and oxygen atoms in total. The molecule has 0 aliphatic carbocycles. The average Bonchev–Trinajstić information content (AvgIpc) is 3.27. The van der Waals surface area contributed by atoms with E-state index in [0.29, 0.717) is 50.8 Å². The van der Waals surface area contributed by atoms with Crippen molar-refractivity contribution in [1.29, 1.82) is 5.26 Å².